The van der Waals surface area contributed by atoms with Crippen LogP contribution in [0.5, 0.6) is 0 Å². The summed E-state index contributed by atoms with van der Waals surface area (Å²) < 4.78 is 0. The number of nitrogens with two attached hydrogens (primary N) is 1. The van der Waals surface area contributed by atoms with Gasteiger partial charge in [0.15, 0.2) is 0 Å². The molecule has 0 radical (unpaired) electrons. The fourth-order valence-electron chi connectivity index (χ4n) is 4.19. The number of likely N-dealkylation sites (tertiary alicyclic amines) is 1. The first kappa shape index (κ1) is 25.2. The molecule has 0 saturated carbocycles. The highest BCUT2D eigenvalue weighted by Gasteiger charge is 2.21. The zero-order valence-corrected chi connectivity index (χ0v) is 21.7. The minimum atomic E-state index is -0.932. The van der Waals surface area contributed by atoms with Crippen molar-refractivity contribution in [1.29, 1.82) is 0 Å². The van der Waals surface area contributed by atoms with Gasteiger partial charge in [0.2, 0.25) is 0 Å². The van der Waals surface area contributed by atoms with Crippen LogP contribution in [0.3, 0.4) is 0 Å². The smallest absolute Gasteiger partial charge is 0.146 e. The molecule has 1 aliphatic rings. The highest BCUT2D eigenvalue weighted by atomic mass is 32.1. The molecule has 1 fully saturated rings. The zero-order chi connectivity index (χ0) is 24.8. The molecule has 1 aromatic carbocycles. The van der Waals surface area contributed by atoms with E-state index in [1.165, 1.54) is 5.01 Å². The summed E-state index contributed by atoms with van der Waals surface area (Å²) in [7, 11) is 2.18. The Kier molecular flexibility index (Phi) is 8.07. The van der Waals surface area contributed by atoms with Gasteiger partial charge in [-0.1, -0.05) is 37.8 Å². The molecule has 4 N–H and O–H groups in total. The second kappa shape index (κ2) is 11.2. The summed E-state index contributed by atoms with van der Waals surface area (Å²) >= 11 is 1.76. The lowest BCUT2D eigenvalue weighted by molar-refractivity contribution is 0.0931. The third-order valence-corrected chi connectivity index (χ3v) is 8.02. The van der Waals surface area contributed by atoms with Crippen molar-refractivity contribution in [1.82, 2.24) is 14.9 Å². The molecule has 0 unspecified atom stereocenters. The Balaban J connectivity index is 1.45. The highest BCUT2D eigenvalue weighted by Crippen LogP contribution is 2.35. The number of aliphatic hydroxyl groups is 1. The van der Waals surface area contributed by atoms with E-state index in [0.717, 1.165) is 53.2 Å². The lowest BCUT2D eigenvalue weighted by Gasteiger charge is -2.27. The quantitative estimate of drug-likeness (QED) is 0.400. The van der Waals surface area contributed by atoms with Crippen molar-refractivity contribution in [2.45, 2.75) is 57.6 Å². The summed E-state index contributed by atoms with van der Waals surface area (Å²) in [5.74, 6) is 7.17. The van der Waals surface area contributed by atoms with Crippen LogP contribution in [0.25, 0.3) is 10.4 Å². The maximum atomic E-state index is 10.4. The zero-order valence-electron chi connectivity index (χ0n) is 20.8. The Morgan fingerprint density at radius 2 is 1.94 bits per heavy atom. The van der Waals surface area contributed by atoms with E-state index < -0.39 is 5.60 Å². The second-order valence-corrected chi connectivity index (χ2v) is 10.4. The lowest BCUT2D eigenvalue weighted by Crippen LogP contribution is -2.29. The van der Waals surface area contributed by atoms with Crippen LogP contribution in [0, 0.1) is 11.8 Å². The number of nitrogen functional groups attached to an aromatic ring is 1. The topological polar surface area (TPSA) is 87.3 Å². The van der Waals surface area contributed by atoms with Crippen molar-refractivity contribution in [3.8, 4) is 22.3 Å². The molecule has 7 heteroatoms. The minimum Gasteiger partial charge on any atom is -0.382 e. The summed E-state index contributed by atoms with van der Waals surface area (Å²) in [4.78, 5) is 12.7. The third kappa shape index (κ3) is 6.40. The number of nitrogens with zero attached hydrogens (tertiary/aromatic N) is 3. The van der Waals surface area contributed by atoms with Crippen molar-refractivity contribution in [2.75, 3.05) is 31.2 Å². The number of nitrogens with one attached hydrogen (secondary N) is 1. The number of hydrogen-bond donors (Lipinski definition) is 3. The van der Waals surface area contributed by atoms with Crippen molar-refractivity contribution in [2.24, 2.45) is 0 Å². The first-order chi connectivity index (χ1) is 16.9. The average molecular weight is 490 g/mol. The van der Waals surface area contributed by atoms with Gasteiger partial charge >= 0.3 is 0 Å². The van der Waals surface area contributed by atoms with Crippen LogP contribution in [0.1, 0.15) is 61.6 Å². The molecular weight excluding hydrogens is 454 g/mol. The van der Waals surface area contributed by atoms with Gasteiger partial charge in [-0.3, -0.25) is 0 Å². The summed E-state index contributed by atoms with van der Waals surface area (Å²) in [5.41, 5.74) is 9.05. The van der Waals surface area contributed by atoms with Gasteiger partial charge < -0.3 is 21.1 Å². The van der Waals surface area contributed by atoms with Crippen LogP contribution < -0.4 is 11.1 Å². The van der Waals surface area contributed by atoms with E-state index >= 15 is 0 Å². The predicted molar refractivity (Wildman–Crippen MR) is 145 cm³/mol. The molecule has 0 aliphatic carbocycles. The Bertz CT molecular complexity index is 1200. The van der Waals surface area contributed by atoms with Crippen LogP contribution in [-0.2, 0) is 6.54 Å². The fourth-order valence-corrected chi connectivity index (χ4v) is 5.26. The van der Waals surface area contributed by atoms with Gasteiger partial charge in [-0.05, 0) is 69.6 Å². The molecule has 35 heavy (non-hydrogen) atoms. The summed E-state index contributed by atoms with van der Waals surface area (Å²) in [6.07, 6.45) is 7.33. The van der Waals surface area contributed by atoms with Gasteiger partial charge in [-0.15, -0.1) is 11.3 Å². The lowest BCUT2D eigenvalue weighted by atomic mass is 9.98. The van der Waals surface area contributed by atoms with E-state index in [9.17, 15) is 5.11 Å². The number of rotatable bonds is 7. The van der Waals surface area contributed by atoms with Crippen LogP contribution in [0.15, 0.2) is 42.7 Å². The van der Waals surface area contributed by atoms with Gasteiger partial charge in [0.1, 0.15) is 11.4 Å². The maximum absolute atomic E-state index is 10.4. The standard InChI is InChI=1S/C28H35N5OS/c1-4-28(34,5-2)12-9-20-7-6-8-21(15-20)17-30-24-16-23(18-31-26(24)29)25-19-32-27(35-25)22-10-13-33(3)14-11-22/h6-8,15-16,18-19,22,30,34H,4-5,10-11,13-14,17H2,1-3H3,(H2,29,31). The first-order valence-corrected chi connectivity index (χ1v) is 13.2. The Hall–Kier alpha value is -2.92. The largest absolute Gasteiger partial charge is 0.382 e. The molecule has 184 valence electrons. The molecule has 6 nitrogen and oxygen atoms in total. The molecule has 1 aliphatic heterocycles. The van der Waals surface area contributed by atoms with Gasteiger partial charge in [0.05, 0.1) is 15.6 Å². The number of aromatic nitrogens is 2. The SMILES string of the molecule is CCC(O)(C#Cc1cccc(CNc2cc(-c3cnc(C4CCN(C)CC4)s3)cnc2N)c1)CC. The van der Waals surface area contributed by atoms with E-state index in [1.54, 1.807) is 11.3 Å². The van der Waals surface area contributed by atoms with Crippen LogP contribution in [-0.4, -0.2) is 45.7 Å². The minimum absolute atomic E-state index is 0.473. The fraction of sp³-hybridized carbons (Fsp3) is 0.429. The predicted octanol–water partition coefficient (Wildman–Crippen LogP) is 5.11. The number of anilines is 2. The van der Waals surface area contributed by atoms with E-state index in [0.29, 0.717) is 31.1 Å². The second-order valence-electron chi connectivity index (χ2n) is 9.34. The molecule has 4 rings (SSSR count). The average Bonchev–Trinajstić information content (AvgIpc) is 3.38. The third-order valence-electron chi connectivity index (χ3n) is 6.81. The van der Waals surface area contributed by atoms with Crippen molar-refractivity contribution >= 4 is 22.8 Å². The molecule has 3 heterocycles. The monoisotopic (exact) mass is 489 g/mol. The van der Waals surface area contributed by atoms with Crippen LogP contribution in [0.4, 0.5) is 11.5 Å². The molecular formula is C28H35N5OS. The van der Waals surface area contributed by atoms with Gasteiger partial charge in [0.25, 0.3) is 0 Å². The molecule has 2 aromatic heterocycles. The van der Waals surface area contributed by atoms with E-state index in [4.69, 9.17) is 10.7 Å². The van der Waals surface area contributed by atoms with E-state index in [1.807, 2.05) is 44.4 Å². The van der Waals surface area contributed by atoms with Crippen LogP contribution in [0.2, 0.25) is 0 Å². The molecule has 0 amide bonds. The summed E-state index contributed by atoms with van der Waals surface area (Å²) in [6, 6.07) is 10.1. The van der Waals surface area contributed by atoms with Crippen LogP contribution >= 0.6 is 11.3 Å². The molecule has 0 bridgehead atoms. The molecule has 3 aromatic rings. The summed E-state index contributed by atoms with van der Waals surface area (Å²) in [5, 5.41) is 15.1. The highest BCUT2D eigenvalue weighted by molar-refractivity contribution is 7.15. The van der Waals surface area contributed by atoms with E-state index in [2.05, 4.69) is 46.2 Å². The Morgan fingerprint density at radius 3 is 2.69 bits per heavy atom. The number of piperidine rings is 1. The molecule has 0 atom stereocenters. The van der Waals surface area contributed by atoms with E-state index in [-0.39, 0.29) is 0 Å². The number of thiazole rings is 1. The number of hydrogen-bond acceptors (Lipinski definition) is 7. The van der Waals surface area contributed by atoms with Crippen molar-refractivity contribution < 1.29 is 5.11 Å². The van der Waals surface area contributed by atoms with Crippen molar-refractivity contribution in [3.63, 3.8) is 0 Å². The number of benzene rings is 1. The van der Waals surface area contributed by atoms with Gasteiger partial charge in [-0.25, -0.2) is 9.97 Å². The Labute approximate surface area is 212 Å². The normalized spacial score (nSPS) is 15.0. The Morgan fingerprint density at radius 1 is 1.17 bits per heavy atom. The first-order valence-electron chi connectivity index (χ1n) is 12.4. The summed E-state index contributed by atoms with van der Waals surface area (Å²) in [6.45, 7) is 6.75. The van der Waals surface area contributed by atoms with Gasteiger partial charge in [0, 0.05) is 36.0 Å². The molecule has 1 saturated heterocycles. The molecule has 0 spiro atoms. The number of pyridine rings is 1. The van der Waals surface area contributed by atoms with Gasteiger partial charge in [-0.2, -0.15) is 0 Å². The van der Waals surface area contributed by atoms with Crippen molar-refractivity contribution in [3.05, 3.63) is 58.9 Å². The maximum Gasteiger partial charge on any atom is 0.146 e.